The maximum Gasteiger partial charge on any atom is 0.408 e. The van der Waals surface area contributed by atoms with Gasteiger partial charge in [0.15, 0.2) is 0 Å². The Morgan fingerprint density at radius 1 is 1.26 bits per heavy atom. The molecule has 1 saturated heterocycles. The molecule has 0 radical (unpaired) electrons. The number of carbonyl (C=O) groups excluding carboxylic acids is 1. The minimum Gasteiger partial charge on any atom is -0.444 e. The smallest absolute Gasteiger partial charge is 0.408 e. The van der Waals surface area contributed by atoms with Gasteiger partial charge < -0.3 is 24.8 Å². The number of piperidine rings is 1. The van der Waals surface area contributed by atoms with Crippen molar-refractivity contribution in [2.24, 2.45) is 0 Å². The number of aliphatic hydroxyl groups excluding tert-OH is 1. The van der Waals surface area contributed by atoms with E-state index in [-0.39, 0.29) is 6.61 Å². The first kappa shape index (κ1) is 22.7. The van der Waals surface area contributed by atoms with Gasteiger partial charge in [-0.3, -0.25) is 0 Å². The van der Waals surface area contributed by atoms with Crippen molar-refractivity contribution >= 4 is 12.0 Å². The Kier molecular flexibility index (Phi) is 6.64. The van der Waals surface area contributed by atoms with Crippen LogP contribution in [0.2, 0.25) is 0 Å². The SMILES string of the molecule is Cc1cc(Oc2cccc(F)c2)nc(N2CCC(CO)(NC(=O)OC(C)(C)C)CC2)n1. The number of nitrogens with zero attached hydrogens (tertiary/aromatic N) is 3. The number of amides is 1. The van der Waals surface area contributed by atoms with Gasteiger partial charge in [0, 0.05) is 30.9 Å². The van der Waals surface area contributed by atoms with Gasteiger partial charge in [0.25, 0.3) is 0 Å². The van der Waals surface area contributed by atoms with E-state index in [1.54, 1.807) is 39.0 Å². The summed E-state index contributed by atoms with van der Waals surface area (Å²) in [7, 11) is 0. The largest absolute Gasteiger partial charge is 0.444 e. The predicted octanol–water partition coefficient (Wildman–Crippen LogP) is 3.57. The summed E-state index contributed by atoms with van der Waals surface area (Å²) < 4.78 is 24.5. The zero-order valence-electron chi connectivity index (χ0n) is 18.3. The third-order valence-electron chi connectivity index (χ3n) is 4.91. The van der Waals surface area contributed by atoms with Gasteiger partial charge in [0.1, 0.15) is 17.2 Å². The molecule has 1 aromatic heterocycles. The molecular weight excluding hydrogens is 403 g/mol. The molecule has 9 heteroatoms. The van der Waals surface area contributed by atoms with Gasteiger partial charge in [-0.25, -0.2) is 14.2 Å². The maximum absolute atomic E-state index is 13.4. The first-order valence-corrected chi connectivity index (χ1v) is 10.2. The average Bonchev–Trinajstić information content (AvgIpc) is 2.66. The molecule has 0 atom stereocenters. The van der Waals surface area contributed by atoms with Gasteiger partial charge in [-0.1, -0.05) is 6.07 Å². The van der Waals surface area contributed by atoms with Crippen LogP contribution in [0.4, 0.5) is 15.1 Å². The summed E-state index contributed by atoms with van der Waals surface area (Å²) in [5.41, 5.74) is -0.666. The minimum absolute atomic E-state index is 0.192. The average molecular weight is 432 g/mol. The predicted molar refractivity (Wildman–Crippen MR) is 114 cm³/mol. The summed E-state index contributed by atoms with van der Waals surface area (Å²) in [6.07, 6.45) is 0.452. The van der Waals surface area contributed by atoms with E-state index in [2.05, 4.69) is 15.3 Å². The molecule has 0 saturated carbocycles. The summed E-state index contributed by atoms with van der Waals surface area (Å²) >= 11 is 0. The molecule has 2 aromatic rings. The van der Waals surface area contributed by atoms with Crippen molar-refractivity contribution in [3.8, 4) is 11.6 Å². The molecule has 0 unspecified atom stereocenters. The van der Waals surface area contributed by atoms with E-state index in [0.29, 0.717) is 49.2 Å². The number of nitrogens with one attached hydrogen (secondary N) is 1. The van der Waals surface area contributed by atoms with Crippen LogP contribution >= 0.6 is 0 Å². The molecule has 0 bridgehead atoms. The monoisotopic (exact) mass is 432 g/mol. The molecular formula is C22H29FN4O4. The second-order valence-corrected chi connectivity index (χ2v) is 8.76. The van der Waals surface area contributed by atoms with Crippen molar-refractivity contribution in [2.45, 2.75) is 51.7 Å². The number of rotatable bonds is 5. The van der Waals surface area contributed by atoms with E-state index >= 15 is 0 Å². The van der Waals surface area contributed by atoms with Crippen LogP contribution in [0.15, 0.2) is 30.3 Å². The van der Waals surface area contributed by atoms with Crippen molar-refractivity contribution in [3.05, 3.63) is 41.8 Å². The maximum atomic E-state index is 13.4. The lowest BCUT2D eigenvalue weighted by Gasteiger charge is -2.41. The molecule has 1 fully saturated rings. The fraction of sp³-hybridized carbons (Fsp3) is 0.500. The van der Waals surface area contributed by atoms with E-state index in [9.17, 15) is 14.3 Å². The zero-order chi connectivity index (χ0) is 22.6. The molecule has 2 heterocycles. The van der Waals surface area contributed by atoms with Gasteiger partial charge in [0.05, 0.1) is 12.1 Å². The van der Waals surface area contributed by atoms with Crippen LogP contribution in [0.25, 0.3) is 0 Å². The lowest BCUT2D eigenvalue weighted by atomic mass is 9.88. The first-order chi connectivity index (χ1) is 14.6. The highest BCUT2D eigenvalue weighted by atomic mass is 19.1. The summed E-state index contributed by atoms with van der Waals surface area (Å²) in [5, 5.41) is 12.8. The number of hydrogen-bond donors (Lipinski definition) is 2. The third-order valence-corrected chi connectivity index (χ3v) is 4.91. The van der Waals surface area contributed by atoms with Crippen LogP contribution < -0.4 is 15.0 Å². The lowest BCUT2D eigenvalue weighted by molar-refractivity contribution is 0.0364. The second-order valence-electron chi connectivity index (χ2n) is 8.76. The summed E-state index contributed by atoms with van der Waals surface area (Å²) in [4.78, 5) is 23.1. The van der Waals surface area contributed by atoms with E-state index < -0.39 is 23.1 Å². The van der Waals surface area contributed by atoms with E-state index in [4.69, 9.17) is 9.47 Å². The molecule has 2 N–H and O–H groups in total. The molecule has 1 amide bonds. The number of carbonyl (C=O) groups is 1. The Morgan fingerprint density at radius 3 is 2.58 bits per heavy atom. The fourth-order valence-corrected chi connectivity index (χ4v) is 3.35. The minimum atomic E-state index is -0.760. The Labute approximate surface area is 181 Å². The van der Waals surface area contributed by atoms with Crippen molar-refractivity contribution in [1.29, 1.82) is 0 Å². The van der Waals surface area contributed by atoms with Crippen molar-refractivity contribution in [1.82, 2.24) is 15.3 Å². The molecule has 8 nitrogen and oxygen atoms in total. The normalized spacial score (nSPS) is 16.0. The molecule has 0 spiro atoms. The number of halogens is 1. The van der Waals surface area contributed by atoms with Crippen molar-refractivity contribution < 1.29 is 23.8 Å². The van der Waals surface area contributed by atoms with E-state index in [0.717, 1.165) is 0 Å². The van der Waals surface area contributed by atoms with Gasteiger partial charge in [-0.15, -0.1) is 0 Å². The number of hydrogen-bond acceptors (Lipinski definition) is 7. The van der Waals surface area contributed by atoms with E-state index in [1.165, 1.54) is 12.1 Å². The standard InChI is InChI=1S/C22H29FN4O4/c1-15-12-18(30-17-7-5-6-16(23)13-17)25-19(24-15)27-10-8-22(14-28,9-11-27)26-20(29)31-21(2,3)4/h5-7,12-13,28H,8-11,14H2,1-4H3,(H,26,29). The summed E-state index contributed by atoms with van der Waals surface area (Å²) in [6, 6.07) is 7.53. The Morgan fingerprint density at radius 2 is 1.97 bits per heavy atom. The first-order valence-electron chi connectivity index (χ1n) is 10.2. The number of alkyl carbamates (subject to hydrolysis) is 1. The van der Waals surface area contributed by atoms with Crippen molar-refractivity contribution in [3.63, 3.8) is 0 Å². The van der Waals surface area contributed by atoms with Crippen LogP contribution in [-0.2, 0) is 4.74 Å². The molecule has 1 aliphatic rings. The van der Waals surface area contributed by atoms with Crippen LogP contribution in [0, 0.1) is 12.7 Å². The molecule has 1 aromatic carbocycles. The number of benzene rings is 1. The Balaban J connectivity index is 1.68. The van der Waals surface area contributed by atoms with Gasteiger partial charge in [-0.05, 0) is 52.7 Å². The fourth-order valence-electron chi connectivity index (χ4n) is 3.35. The van der Waals surface area contributed by atoms with Crippen LogP contribution in [-0.4, -0.2) is 52.0 Å². The van der Waals surface area contributed by atoms with Gasteiger partial charge in [-0.2, -0.15) is 4.98 Å². The highest BCUT2D eigenvalue weighted by molar-refractivity contribution is 5.69. The number of aromatic nitrogens is 2. The molecule has 3 rings (SSSR count). The topological polar surface area (TPSA) is 96.8 Å². The highest BCUT2D eigenvalue weighted by Gasteiger charge is 2.37. The molecule has 1 aliphatic heterocycles. The summed E-state index contributed by atoms with van der Waals surface area (Å²) in [6.45, 7) is 8.06. The van der Waals surface area contributed by atoms with Crippen LogP contribution in [0.1, 0.15) is 39.3 Å². The number of ether oxygens (including phenoxy) is 2. The van der Waals surface area contributed by atoms with Gasteiger partial charge in [0.2, 0.25) is 11.8 Å². The van der Waals surface area contributed by atoms with Crippen LogP contribution in [0.5, 0.6) is 11.6 Å². The number of aliphatic hydroxyl groups is 1. The van der Waals surface area contributed by atoms with Crippen LogP contribution in [0.3, 0.4) is 0 Å². The third kappa shape index (κ3) is 6.27. The summed E-state index contributed by atoms with van der Waals surface area (Å²) in [5.74, 6) is 0.759. The Hall–Kier alpha value is -2.94. The lowest BCUT2D eigenvalue weighted by Crippen LogP contribution is -2.58. The molecule has 0 aliphatic carbocycles. The number of anilines is 1. The second kappa shape index (κ2) is 9.05. The zero-order valence-corrected chi connectivity index (χ0v) is 18.3. The Bertz CT molecular complexity index is 924. The quantitative estimate of drug-likeness (QED) is 0.745. The van der Waals surface area contributed by atoms with Crippen molar-refractivity contribution in [2.75, 3.05) is 24.6 Å². The van der Waals surface area contributed by atoms with Gasteiger partial charge >= 0.3 is 6.09 Å². The van der Waals surface area contributed by atoms with E-state index in [1.807, 2.05) is 11.8 Å². The molecule has 31 heavy (non-hydrogen) atoms. The highest BCUT2D eigenvalue weighted by Crippen LogP contribution is 2.28. The molecule has 168 valence electrons. The number of aryl methyl sites for hydroxylation is 1.